The summed E-state index contributed by atoms with van der Waals surface area (Å²) < 4.78 is 2.24. The van der Waals surface area contributed by atoms with Gasteiger partial charge in [-0.1, -0.05) is 35.9 Å². The van der Waals surface area contributed by atoms with Gasteiger partial charge in [0.15, 0.2) is 0 Å². The van der Waals surface area contributed by atoms with Crippen LogP contribution in [-0.2, 0) is 13.0 Å². The molecule has 0 N–H and O–H groups in total. The first kappa shape index (κ1) is 16.0. The van der Waals surface area contributed by atoms with E-state index in [4.69, 9.17) is 11.6 Å². The Kier molecular flexibility index (Phi) is 5.31. The van der Waals surface area contributed by atoms with Gasteiger partial charge >= 0.3 is 0 Å². The number of fused-ring (bicyclic) bond motifs is 1. The Morgan fingerprint density at radius 2 is 1.83 bits per heavy atom. The molecule has 2 aromatic carbocycles. The Balaban J connectivity index is 1.44. The Bertz CT molecular complexity index is 749. The lowest BCUT2D eigenvalue weighted by Crippen LogP contribution is -2.23. The maximum Gasteiger partial charge on any atom is 0.0958 e. The van der Waals surface area contributed by atoms with Crippen LogP contribution in [0.5, 0.6) is 0 Å². The fourth-order valence-electron chi connectivity index (χ4n) is 2.78. The number of imidazole rings is 1. The highest BCUT2D eigenvalue weighted by Gasteiger charge is 2.03. The molecule has 0 unspecified atom stereocenters. The molecule has 0 aliphatic carbocycles. The molecule has 0 spiro atoms. The molecule has 3 nitrogen and oxygen atoms in total. The van der Waals surface area contributed by atoms with Gasteiger partial charge < -0.3 is 9.47 Å². The standard InChI is InChI=1S/C19H22ClN3/c1-22(14-11-16-7-9-17(20)10-8-16)12-4-13-23-15-21-18-5-2-3-6-19(18)23/h2-3,5-10,15H,4,11-14H2,1H3. The number of aromatic nitrogens is 2. The van der Waals surface area contributed by atoms with Gasteiger partial charge in [-0.15, -0.1) is 0 Å². The van der Waals surface area contributed by atoms with E-state index in [9.17, 15) is 0 Å². The van der Waals surface area contributed by atoms with E-state index in [1.165, 1.54) is 11.1 Å². The normalized spacial score (nSPS) is 11.4. The molecule has 1 aromatic heterocycles. The van der Waals surface area contributed by atoms with Crippen LogP contribution in [0.3, 0.4) is 0 Å². The Labute approximate surface area is 142 Å². The number of nitrogens with zero attached hydrogens (tertiary/aromatic N) is 3. The van der Waals surface area contributed by atoms with Crippen molar-refractivity contribution in [1.82, 2.24) is 14.5 Å². The van der Waals surface area contributed by atoms with Crippen LogP contribution in [0.15, 0.2) is 54.9 Å². The van der Waals surface area contributed by atoms with Gasteiger partial charge in [0.25, 0.3) is 0 Å². The lowest BCUT2D eigenvalue weighted by Gasteiger charge is -2.16. The summed E-state index contributed by atoms with van der Waals surface area (Å²) in [6, 6.07) is 16.4. The summed E-state index contributed by atoms with van der Waals surface area (Å²) in [4.78, 5) is 6.82. The van der Waals surface area contributed by atoms with Crippen LogP contribution in [0, 0.1) is 0 Å². The zero-order chi connectivity index (χ0) is 16.1. The van der Waals surface area contributed by atoms with Crippen LogP contribution < -0.4 is 0 Å². The molecule has 0 fully saturated rings. The smallest absolute Gasteiger partial charge is 0.0958 e. The predicted octanol–water partition coefficient (Wildman–Crippen LogP) is 4.25. The van der Waals surface area contributed by atoms with Crippen molar-refractivity contribution in [3.8, 4) is 0 Å². The van der Waals surface area contributed by atoms with Crippen LogP contribution in [0.2, 0.25) is 5.02 Å². The zero-order valence-corrected chi connectivity index (χ0v) is 14.2. The lowest BCUT2D eigenvalue weighted by molar-refractivity contribution is 0.326. The third-order valence-corrected chi connectivity index (χ3v) is 4.41. The molecule has 23 heavy (non-hydrogen) atoms. The minimum Gasteiger partial charge on any atom is -0.331 e. The molecular formula is C19H22ClN3. The van der Waals surface area contributed by atoms with Crippen molar-refractivity contribution in [3.05, 3.63) is 65.4 Å². The van der Waals surface area contributed by atoms with E-state index in [2.05, 4.69) is 51.8 Å². The van der Waals surface area contributed by atoms with Crippen molar-refractivity contribution in [3.63, 3.8) is 0 Å². The first-order chi connectivity index (χ1) is 11.2. The predicted molar refractivity (Wildman–Crippen MR) is 97.0 cm³/mol. The number of hydrogen-bond acceptors (Lipinski definition) is 2. The van der Waals surface area contributed by atoms with E-state index >= 15 is 0 Å². The second-order valence-electron chi connectivity index (χ2n) is 5.96. The molecule has 0 saturated carbocycles. The molecule has 3 rings (SSSR count). The average Bonchev–Trinajstić information content (AvgIpc) is 2.98. The second kappa shape index (κ2) is 7.62. The van der Waals surface area contributed by atoms with E-state index in [1.54, 1.807) is 0 Å². The van der Waals surface area contributed by atoms with Crippen molar-refractivity contribution in [2.45, 2.75) is 19.4 Å². The number of likely N-dealkylation sites (N-methyl/N-ethyl adjacent to an activating group) is 1. The van der Waals surface area contributed by atoms with Crippen molar-refractivity contribution in [2.24, 2.45) is 0 Å². The van der Waals surface area contributed by atoms with Gasteiger partial charge in [0.2, 0.25) is 0 Å². The molecule has 0 atom stereocenters. The van der Waals surface area contributed by atoms with Crippen LogP contribution in [0.25, 0.3) is 11.0 Å². The fraction of sp³-hybridized carbons (Fsp3) is 0.316. The van der Waals surface area contributed by atoms with E-state index in [0.717, 1.165) is 43.0 Å². The molecule has 0 amide bonds. The maximum atomic E-state index is 5.92. The SMILES string of the molecule is CN(CCCn1cnc2ccccc21)CCc1ccc(Cl)cc1. The number of halogens is 1. The summed E-state index contributed by atoms with van der Waals surface area (Å²) in [5.74, 6) is 0. The number of aryl methyl sites for hydroxylation is 1. The summed E-state index contributed by atoms with van der Waals surface area (Å²) in [5, 5.41) is 0.801. The van der Waals surface area contributed by atoms with Crippen molar-refractivity contribution in [1.29, 1.82) is 0 Å². The third kappa shape index (κ3) is 4.34. The minimum atomic E-state index is 0.801. The molecule has 0 radical (unpaired) electrons. The van der Waals surface area contributed by atoms with Crippen LogP contribution >= 0.6 is 11.6 Å². The number of hydrogen-bond donors (Lipinski definition) is 0. The van der Waals surface area contributed by atoms with Crippen molar-refractivity contribution >= 4 is 22.6 Å². The summed E-state index contributed by atoms with van der Waals surface area (Å²) in [6.45, 7) is 3.15. The molecular weight excluding hydrogens is 306 g/mol. The van der Waals surface area contributed by atoms with Gasteiger partial charge in [0.05, 0.1) is 17.4 Å². The van der Waals surface area contributed by atoms with E-state index in [0.29, 0.717) is 0 Å². The minimum absolute atomic E-state index is 0.801. The summed E-state index contributed by atoms with van der Waals surface area (Å²) in [5.41, 5.74) is 3.63. The van der Waals surface area contributed by atoms with Crippen molar-refractivity contribution < 1.29 is 0 Å². The van der Waals surface area contributed by atoms with Gasteiger partial charge in [-0.3, -0.25) is 0 Å². The lowest BCUT2D eigenvalue weighted by atomic mass is 10.1. The monoisotopic (exact) mass is 327 g/mol. The summed E-state index contributed by atoms with van der Waals surface area (Å²) in [6.07, 6.45) is 4.12. The molecule has 4 heteroatoms. The molecule has 1 heterocycles. The highest BCUT2D eigenvalue weighted by molar-refractivity contribution is 6.30. The molecule has 120 valence electrons. The molecule has 3 aromatic rings. The van der Waals surface area contributed by atoms with Crippen LogP contribution in [-0.4, -0.2) is 34.6 Å². The van der Waals surface area contributed by atoms with Gasteiger partial charge in [0, 0.05) is 18.1 Å². The largest absolute Gasteiger partial charge is 0.331 e. The third-order valence-electron chi connectivity index (χ3n) is 4.16. The van der Waals surface area contributed by atoms with Crippen LogP contribution in [0.1, 0.15) is 12.0 Å². The van der Waals surface area contributed by atoms with Gasteiger partial charge in [-0.25, -0.2) is 4.98 Å². The van der Waals surface area contributed by atoms with Gasteiger partial charge in [0.1, 0.15) is 0 Å². The average molecular weight is 328 g/mol. The summed E-state index contributed by atoms with van der Waals surface area (Å²) in [7, 11) is 2.18. The highest BCUT2D eigenvalue weighted by Crippen LogP contribution is 2.13. The zero-order valence-electron chi connectivity index (χ0n) is 13.5. The van der Waals surface area contributed by atoms with Crippen LogP contribution in [0.4, 0.5) is 0 Å². The Morgan fingerprint density at radius 3 is 2.65 bits per heavy atom. The molecule has 0 aliphatic rings. The Hall–Kier alpha value is -1.84. The van der Waals surface area contributed by atoms with E-state index in [1.807, 2.05) is 24.5 Å². The van der Waals surface area contributed by atoms with E-state index < -0.39 is 0 Å². The first-order valence-electron chi connectivity index (χ1n) is 8.05. The van der Waals surface area contributed by atoms with Crippen molar-refractivity contribution in [2.75, 3.05) is 20.1 Å². The number of benzene rings is 2. The number of para-hydroxylation sites is 2. The maximum absolute atomic E-state index is 5.92. The topological polar surface area (TPSA) is 21.1 Å². The molecule has 0 bridgehead atoms. The summed E-state index contributed by atoms with van der Waals surface area (Å²) >= 11 is 5.92. The molecule has 0 aliphatic heterocycles. The molecule has 0 saturated heterocycles. The highest BCUT2D eigenvalue weighted by atomic mass is 35.5. The second-order valence-corrected chi connectivity index (χ2v) is 6.40. The van der Waals surface area contributed by atoms with Gasteiger partial charge in [-0.05, 0) is 56.3 Å². The number of rotatable bonds is 7. The van der Waals surface area contributed by atoms with E-state index in [-0.39, 0.29) is 0 Å². The quantitative estimate of drug-likeness (QED) is 0.646. The first-order valence-corrected chi connectivity index (χ1v) is 8.43. The van der Waals surface area contributed by atoms with Gasteiger partial charge in [-0.2, -0.15) is 0 Å². The Morgan fingerprint density at radius 1 is 1.04 bits per heavy atom. The fourth-order valence-corrected chi connectivity index (χ4v) is 2.91.